The highest BCUT2D eigenvalue weighted by molar-refractivity contribution is 5.79. The Morgan fingerprint density at radius 3 is 2.71 bits per heavy atom. The molecule has 1 aromatic rings. The van der Waals surface area contributed by atoms with Gasteiger partial charge in [0, 0.05) is 24.8 Å². The van der Waals surface area contributed by atoms with Crippen molar-refractivity contribution in [1.82, 2.24) is 15.2 Å². The number of unbranched alkanes of at least 4 members (excludes halogenated alkanes) is 1. The molecule has 1 aromatic heterocycles. The first-order valence-electron chi connectivity index (χ1n) is 13.2. The summed E-state index contributed by atoms with van der Waals surface area (Å²) in [4.78, 5) is 31.2. The van der Waals surface area contributed by atoms with Crippen molar-refractivity contribution >= 4 is 17.9 Å². The van der Waals surface area contributed by atoms with Gasteiger partial charge in [-0.3, -0.25) is 0 Å². The largest absolute Gasteiger partial charge is 0.480 e. The van der Waals surface area contributed by atoms with Gasteiger partial charge in [-0.1, -0.05) is 12.5 Å². The van der Waals surface area contributed by atoms with Crippen molar-refractivity contribution < 1.29 is 19.4 Å². The molecule has 3 aliphatic rings. The fourth-order valence-electron chi connectivity index (χ4n) is 5.11. The number of aliphatic carboxylic acids is 1. The number of nitrogens with zero attached hydrogens (tertiary/aromatic N) is 2. The minimum absolute atomic E-state index is 0.0773. The number of carboxylic acids is 1. The van der Waals surface area contributed by atoms with Gasteiger partial charge in [0.05, 0.1) is 0 Å². The average Bonchev–Trinajstić information content (AvgIpc) is 3.68. The first-order chi connectivity index (χ1) is 16.6. The highest BCUT2D eigenvalue weighted by Gasteiger charge is 2.30. The van der Waals surface area contributed by atoms with E-state index in [0.29, 0.717) is 19.0 Å². The molecular formula is C26H40N4O4. The van der Waals surface area contributed by atoms with Gasteiger partial charge in [-0.2, -0.15) is 0 Å². The van der Waals surface area contributed by atoms with E-state index >= 15 is 0 Å². The number of aryl methyl sites for hydroxylation is 2. The predicted molar refractivity (Wildman–Crippen MR) is 131 cm³/mol. The van der Waals surface area contributed by atoms with Crippen LogP contribution in [0.5, 0.6) is 0 Å². The number of pyridine rings is 1. The van der Waals surface area contributed by atoms with E-state index in [-0.39, 0.29) is 6.10 Å². The number of carbonyl (C=O) groups excluding carboxylic acids is 1. The first kappa shape index (κ1) is 24.8. The molecule has 4 rings (SSSR count). The van der Waals surface area contributed by atoms with Gasteiger partial charge in [-0.25, -0.2) is 14.6 Å². The van der Waals surface area contributed by atoms with Gasteiger partial charge < -0.3 is 25.4 Å². The number of carbonyl (C=O) groups is 2. The summed E-state index contributed by atoms with van der Waals surface area (Å²) < 4.78 is 5.46. The lowest BCUT2D eigenvalue weighted by atomic mass is 9.98. The van der Waals surface area contributed by atoms with Crippen molar-refractivity contribution in [1.29, 1.82) is 0 Å². The topological polar surface area (TPSA) is 104 Å². The molecule has 1 atom stereocenters. The van der Waals surface area contributed by atoms with Gasteiger partial charge in [0.25, 0.3) is 0 Å². The van der Waals surface area contributed by atoms with Crippen LogP contribution in [0.25, 0.3) is 0 Å². The summed E-state index contributed by atoms with van der Waals surface area (Å²) in [6, 6.07) is 4.00. The standard InChI is InChI=1S/C26H40N4O4/c31-25(32)23(29-26(33)34-22-9-2-1-3-10-22)15-18-30(21-13-14-21)17-5-4-8-20-12-11-19-7-6-16-27-24(19)28-20/h11-12,21-23H,1-10,13-18H2,(H,27,28)(H,29,33)(H,31,32). The monoisotopic (exact) mass is 472 g/mol. The van der Waals surface area contributed by atoms with Crippen LogP contribution in [0.3, 0.4) is 0 Å². The third-order valence-corrected chi connectivity index (χ3v) is 7.26. The molecule has 2 aliphatic carbocycles. The van der Waals surface area contributed by atoms with Gasteiger partial charge in [0.15, 0.2) is 0 Å². The Hall–Kier alpha value is -2.35. The minimum Gasteiger partial charge on any atom is -0.480 e. The van der Waals surface area contributed by atoms with Crippen LogP contribution >= 0.6 is 0 Å². The fraction of sp³-hybridized carbons (Fsp3) is 0.731. The Labute approximate surface area is 202 Å². The van der Waals surface area contributed by atoms with E-state index in [2.05, 4.69) is 27.7 Å². The van der Waals surface area contributed by atoms with Crippen molar-refractivity contribution in [2.45, 2.75) is 102 Å². The van der Waals surface area contributed by atoms with Crippen molar-refractivity contribution in [2.24, 2.45) is 0 Å². The quantitative estimate of drug-likeness (QED) is 0.393. The second-order valence-electron chi connectivity index (χ2n) is 10.1. The maximum absolute atomic E-state index is 12.2. The zero-order chi connectivity index (χ0) is 23.8. The smallest absolute Gasteiger partial charge is 0.408 e. The van der Waals surface area contributed by atoms with Crippen LogP contribution in [0, 0.1) is 0 Å². The summed E-state index contributed by atoms with van der Waals surface area (Å²) in [6.45, 7) is 2.63. The molecule has 1 amide bonds. The molecule has 188 valence electrons. The normalized spacial score (nSPS) is 19.2. The van der Waals surface area contributed by atoms with Crippen LogP contribution < -0.4 is 10.6 Å². The number of hydrogen-bond donors (Lipinski definition) is 3. The number of nitrogens with one attached hydrogen (secondary N) is 2. The summed E-state index contributed by atoms with van der Waals surface area (Å²) in [5, 5.41) is 15.6. The number of rotatable bonds is 12. The molecule has 2 saturated carbocycles. The summed E-state index contributed by atoms with van der Waals surface area (Å²) >= 11 is 0. The van der Waals surface area contributed by atoms with E-state index in [4.69, 9.17) is 9.72 Å². The Morgan fingerprint density at radius 1 is 1.12 bits per heavy atom. The Morgan fingerprint density at radius 2 is 1.94 bits per heavy atom. The summed E-state index contributed by atoms with van der Waals surface area (Å²) in [6.07, 6.45) is 12.5. The van der Waals surface area contributed by atoms with Crippen molar-refractivity contribution in [3.63, 3.8) is 0 Å². The molecule has 2 fully saturated rings. The molecule has 1 unspecified atom stereocenters. The summed E-state index contributed by atoms with van der Waals surface area (Å²) in [5.74, 6) is 0.0565. The SMILES string of the molecule is O=C(NC(CCN(CCCCc1ccc2c(n1)NCCC2)C1CC1)C(=O)O)OC1CCCCC1. The average molecular weight is 473 g/mol. The third-order valence-electron chi connectivity index (χ3n) is 7.26. The number of alkyl carbamates (subject to hydrolysis) is 1. The molecule has 1 aliphatic heterocycles. The molecule has 2 heterocycles. The number of hydrogen-bond acceptors (Lipinski definition) is 6. The molecule has 3 N–H and O–H groups in total. The number of ether oxygens (including phenoxy) is 1. The first-order valence-corrected chi connectivity index (χ1v) is 13.2. The van der Waals surface area contributed by atoms with E-state index in [1.807, 2.05) is 0 Å². The molecule has 0 aromatic carbocycles. The maximum atomic E-state index is 12.2. The number of carboxylic acid groups (broad SMARTS) is 1. The Bertz CT molecular complexity index is 823. The van der Waals surface area contributed by atoms with E-state index in [1.165, 1.54) is 31.2 Å². The van der Waals surface area contributed by atoms with Gasteiger partial charge in [-0.15, -0.1) is 0 Å². The van der Waals surface area contributed by atoms with Crippen LogP contribution in [0.4, 0.5) is 10.6 Å². The van der Waals surface area contributed by atoms with Crippen molar-refractivity contribution in [3.05, 3.63) is 23.4 Å². The molecule has 0 saturated heterocycles. The third kappa shape index (κ3) is 7.58. The lowest BCUT2D eigenvalue weighted by Gasteiger charge is -2.25. The lowest BCUT2D eigenvalue weighted by Crippen LogP contribution is -2.44. The molecular weight excluding hydrogens is 432 g/mol. The predicted octanol–water partition coefficient (Wildman–Crippen LogP) is 4.13. The van der Waals surface area contributed by atoms with Crippen LogP contribution in [0.1, 0.15) is 81.9 Å². The number of amides is 1. The molecule has 8 heteroatoms. The van der Waals surface area contributed by atoms with Crippen molar-refractivity contribution in [2.75, 3.05) is 25.0 Å². The van der Waals surface area contributed by atoms with Crippen LogP contribution in [-0.2, 0) is 22.4 Å². The Kier molecular flexibility index (Phi) is 9.02. The number of aromatic nitrogens is 1. The molecule has 0 bridgehead atoms. The zero-order valence-corrected chi connectivity index (χ0v) is 20.3. The van der Waals surface area contributed by atoms with Gasteiger partial charge in [-0.05, 0) is 95.2 Å². The molecule has 0 radical (unpaired) electrons. The van der Waals surface area contributed by atoms with Gasteiger partial charge >= 0.3 is 12.1 Å². The maximum Gasteiger partial charge on any atom is 0.408 e. The van der Waals surface area contributed by atoms with E-state index in [1.54, 1.807) is 0 Å². The van der Waals surface area contributed by atoms with Crippen LogP contribution in [0.2, 0.25) is 0 Å². The van der Waals surface area contributed by atoms with Gasteiger partial charge in [0.2, 0.25) is 0 Å². The molecule has 8 nitrogen and oxygen atoms in total. The number of fused-ring (bicyclic) bond motifs is 1. The van der Waals surface area contributed by atoms with Crippen molar-refractivity contribution in [3.8, 4) is 0 Å². The van der Waals surface area contributed by atoms with E-state index < -0.39 is 18.1 Å². The van der Waals surface area contributed by atoms with Crippen LogP contribution in [0.15, 0.2) is 12.1 Å². The zero-order valence-electron chi connectivity index (χ0n) is 20.3. The summed E-state index contributed by atoms with van der Waals surface area (Å²) in [7, 11) is 0. The van der Waals surface area contributed by atoms with E-state index in [0.717, 1.165) is 76.0 Å². The lowest BCUT2D eigenvalue weighted by molar-refractivity contribution is -0.139. The second kappa shape index (κ2) is 12.4. The van der Waals surface area contributed by atoms with Crippen LogP contribution in [-0.4, -0.2) is 64.9 Å². The fourth-order valence-corrected chi connectivity index (χ4v) is 5.11. The van der Waals surface area contributed by atoms with E-state index in [9.17, 15) is 14.7 Å². The van der Waals surface area contributed by atoms with Gasteiger partial charge in [0.1, 0.15) is 18.0 Å². The molecule has 0 spiro atoms. The summed E-state index contributed by atoms with van der Waals surface area (Å²) in [5.41, 5.74) is 2.46. The highest BCUT2D eigenvalue weighted by Crippen LogP contribution is 2.28. The Balaban J connectivity index is 1.18. The molecule has 34 heavy (non-hydrogen) atoms. The highest BCUT2D eigenvalue weighted by atomic mass is 16.6. The number of anilines is 1. The second-order valence-corrected chi connectivity index (χ2v) is 10.1. The minimum atomic E-state index is -0.997.